The summed E-state index contributed by atoms with van der Waals surface area (Å²) in [6.07, 6.45) is 10.5. The summed E-state index contributed by atoms with van der Waals surface area (Å²) in [7, 11) is 0. The van der Waals surface area contributed by atoms with Crippen LogP contribution in [0.2, 0.25) is 0 Å². The zero-order chi connectivity index (χ0) is 9.34. The van der Waals surface area contributed by atoms with Crippen molar-refractivity contribution in [3.63, 3.8) is 0 Å². The lowest BCUT2D eigenvalue weighted by molar-refractivity contribution is -0.144. The van der Waals surface area contributed by atoms with E-state index in [9.17, 15) is 5.11 Å². The lowest BCUT2D eigenvalue weighted by Crippen LogP contribution is -2.58. The molecule has 0 aromatic carbocycles. The van der Waals surface area contributed by atoms with Crippen LogP contribution in [-0.4, -0.2) is 11.7 Å². The third kappa shape index (κ3) is 0.589. The van der Waals surface area contributed by atoms with Crippen molar-refractivity contribution < 1.29 is 5.11 Å². The fourth-order valence-electron chi connectivity index (χ4n) is 5.58. The molecule has 0 amide bonds. The molecule has 4 aliphatic carbocycles. The van der Waals surface area contributed by atoms with E-state index in [0.717, 1.165) is 29.6 Å². The second kappa shape index (κ2) is 2.27. The average Bonchev–Trinajstić information content (AvgIpc) is 2.82. The molecule has 0 spiro atoms. The van der Waals surface area contributed by atoms with Crippen molar-refractivity contribution >= 4 is 0 Å². The topological polar surface area (TPSA) is 20.2 Å². The summed E-state index contributed by atoms with van der Waals surface area (Å²) in [6, 6.07) is 0. The van der Waals surface area contributed by atoms with Crippen LogP contribution in [-0.2, 0) is 0 Å². The average molecular weight is 190 g/mol. The first-order valence-corrected chi connectivity index (χ1v) is 6.17. The standard InChI is InChI=1S/C13H18O/c14-7-13-9-5-4-8(6-9)12(13)10-2-1-3-11(10)13/h4-5,8-12,14H,1-3,6-7H2/t8-,9+,10+,11-,12-,13+/m0/s1. The molecule has 2 bridgehead atoms. The molecule has 1 heteroatoms. The molecule has 4 aliphatic rings. The van der Waals surface area contributed by atoms with Crippen molar-refractivity contribution in [2.45, 2.75) is 25.7 Å². The van der Waals surface area contributed by atoms with Crippen molar-refractivity contribution in [3.8, 4) is 0 Å². The molecule has 6 atom stereocenters. The van der Waals surface area contributed by atoms with Crippen LogP contribution in [0, 0.1) is 35.0 Å². The van der Waals surface area contributed by atoms with Gasteiger partial charge in [-0.25, -0.2) is 0 Å². The van der Waals surface area contributed by atoms with Crippen LogP contribution in [0.15, 0.2) is 12.2 Å². The first-order valence-electron chi connectivity index (χ1n) is 6.17. The minimum absolute atomic E-state index is 0.362. The Labute approximate surface area is 85.2 Å². The van der Waals surface area contributed by atoms with Gasteiger partial charge in [0.25, 0.3) is 0 Å². The van der Waals surface area contributed by atoms with E-state index in [-0.39, 0.29) is 0 Å². The van der Waals surface area contributed by atoms with E-state index in [2.05, 4.69) is 12.2 Å². The van der Waals surface area contributed by atoms with Gasteiger partial charge >= 0.3 is 0 Å². The molecule has 0 aromatic rings. The molecular formula is C13H18O. The minimum atomic E-state index is 0.362. The monoisotopic (exact) mass is 190 g/mol. The lowest BCUT2D eigenvalue weighted by Gasteiger charge is -2.60. The van der Waals surface area contributed by atoms with Crippen molar-refractivity contribution in [1.82, 2.24) is 0 Å². The van der Waals surface area contributed by atoms with Crippen LogP contribution in [0.4, 0.5) is 0 Å². The van der Waals surface area contributed by atoms with E-state index in [1.807, 2.05) is 0 Å². The van der Waals surface area contributed by atoms with Gasteiger partial charge in [-0.05, 0) is 48.9 Å². The number of aliphatic hydroxyl groups excluding tert-OH is 1. The van der Waals surface area contributed by atoms with Crippen molar-refractivity contribution in [2.24, 2.45) is 35.0 Å². The zero-order valence-electron chi connectivity index (χ0n) is 8.52. The SMILES string of the molecule is OC[C@]12[C@H]([C@@H]3CCC[C@@H]31)[C@H]1C=C[C@@H]2C1. The van der Waals surface area contributed by atoms with Crippen LogP contribution < -0.4 is 0 Å². The Bertz CT molecular complexity index is 308. The van der Waals surface area contributed by atoms with Crippen molar-refractivity contribution in [3.05, 3.63) is 12.2 Å². The van der Waals surface area contributed by atoms with E-state index in [1.54, 1.807) is 0 Å². The fraction of sp³-hybridized carbons (Fsp3) is 0.846. The summed E-state index contributed by atoms with van der Waals surface area (Å²) in [4.78, 5) is 0. The van der Waals surface area contributed by atoms with Gasteiger partial charge in [0.15, 0.2) is 0 Å². The second-order valence-corrected chi connectivity index (χ2v) is 5.89. The van der Waals surface area contributed by atoms with Gasteiger partial charge in [-0.2, -0.15) is 0 Å². The highest BCUT2D eigenvalue weighted by molar-refractivity contribution is 5.28. The van der Waals surface area contributed by atoms with Crippen LogP contribution >= 0.6 is 0 Å². The van der Waals surface area contributed by atoms with Gasteiger partial charge < -0.3 is 5.11 Å². The van der Waals surface area contributed by atoms with Gasteiger partial charge in [-0.3, -0.25) is 0 Å². The molecule has 0 aromatic heterocycles. The number of rotatable bonds is 1. The number of allylic oxidation sites excluding steroid dienone is 2. The summed E-state index contributed by atoms with van der Waals surface area (Å²) < 4.78 is 0. The third-order valence-electron chi connectivity index (χ3n) is 5.88. The quantitative estimate of drug-likeness (QED) is 0.629. The van der Waals surface area contributed by atoms with Gasteiger partial charge in [0.1, 0.15) is 0 Å². The molecule has 1 nitrogen and oxygen atoms in total. The highest BCUT2D eigenvalue weighted by atomic mass is 16.3. The lowest BCUT2D eigenvalue weighted by atomic mass is 9.45. The molecule has 3 saturated carbocycles. The molecule has 14 heavy (non-hydrogen) atoms. The number of fused-ring (bicyclic) bond motifs is 8. The third-order valence-corrected chi connectivity index (χ3v) is 5.88. The fourth-order valence-corrected chi connectivity index (χ4v) is 5.58. The van der Waals surface area contributed by atoms with Crippen molar-refractivity contribution in [2.75, 3.05) is 6.61 Å². The van der Waals surface area contributed by atoms with E-state index in [1.165, 1.54) is 25.7 Å². The second-order valence-electron chi connectivity index (χ2n) is 5.89. The molecule has 0 heterocycles. The van der Waals surface area contributed by atoms with Gasteiger partial charge in [-0.15, -0.1) is 0 Å². The minimum Gasteiger partial charge on any atom is -0.396 e. The predicted molar refractivity (Wildman–Crippen MR) is 54.6 cm³/mol. The molecule has 0 radical (unpaired) electrons. The molecule has 1 N–H and O–H groups in total. The Kier molecular flexibility index (Phi) is 1.28. The maximum atomic E-state index is 9.78. The zero-order valence-corrected chi connectivity index (χ0v) is 8.52. The maximum absolute atomic E-state index is 9.78. The normalized spacial score (nSPS) is 62.5. The molecule has 0 aliphatic heterocycles. The largest absolute Gasteiger partial charge is 0.396 e. The summed E-state index contributed by atoms with van der Waals surface area (Å²) in [6.45, 7) is 0.463. The first kappa shape index (κ1) is 7.92. The van der Waals surface area contributed by atoms with Crippen LogP contribution in [0.25, 0.3) is 0 Å². The Hall–Kier alpha value is -0.300. The molecular weight excluding hydrogens is 172 g/mol. The molecule has 76 valence electrons. The summed E-state index contributed by atoms with van der Waals surface area (Å²) in [5.41, 5.74) is 0.362. The Morgan fingerprint density at radius 3 is 3.07 bits per heavy atom. The van der Waals surface area contributed by atoms with Crippen LogP contribution in [0.5, 0.6) is 0 Å². The summed E-state index contributed by atoms with van der Waals surface area (Å²) in [5, 5.41) is 9.78. The number of hydrogen-bond acceptors (Lipinski definition) is 1. The van der Waals surface area contributed by atoms with E-state index >= 15 is 0 Å². The van der Waals surface area contributed by atoms with E-state index in [4.69, 9.17) is 0 Å². The van der Waals surface area contributed by atoms with Gasteiger partial charge in [0.05, 0.1) is 0 Å². The summed E-state index contributed by atoms with van der Waals surface area (Å²) >= 11 is 0. The van der Waals surface area contributed by atoms with Gasteiger partial charge in [0, 0.05) is 12.0 Å². The highest BCUT2D eigenvalue weighted by Crippen LogP contribution is 2.75. The molecule has 0 saturated heterocycles. The van der Waals surface area contributed by atoms with E-state index in [0.29, 0.717) is 12.0 Å². The van der Waals surface area contributed by atoms with E-state index < -0.39 is 0 Å². The highest BCUT2D eigenvalue weighted by Gasteiger charge is 2.71. The molecule has 3 fully saturated rings. The molecule has 4 rings (SSSR count). The number of aliphatic hydroxyl groups is 1. The Morgan fingerprint density at radius 2 is 2.21 bits per heavy atom. The van der Waals surface area contributed by atoms with Crippen LogP contribution in [0.3, 0.4) is 0 Å². The Balaban J connectivity index is 1.81. The molecule has 0 unspecified atom stereocenters. The maximum Gasteiger partial charge on any atom is 0.0498 e. The number of hydrogen-bond donors (Lipinski definition) is 1. The smallest absolute Gasteiger partial charge is 0.0498 e. The van der Waals surface area contributed by atoms with Crippen molar-refractivity contribution in [1.29, 1.82) is 0 Å². The first-order chi connectivity index (χ1) is 6.88. The van der Waals surface area contributed by atoms with Crippen LogP contribution in [0.1, 0.15) is 25.7 Å². The summed E-state index contributed by atoms with van der Waals surface area (Å²) in [5.74, 6) is 4.32. The predicted octanol–water partition coefficient (Wildman–Crippen LogP) is 2.22. The Morgan fingerprint density at radius 1 is 1.29 bits per heavy atom. The van der Waals surface area contributed by atoms with Gasteiger partial charge in [-0.1, -0.05) is 18.6 Å². The van der Waals surface area contributed by atoms with Gasteiger partial charge in [0.2, 0.25) is 0 Å².